The second-order valence-electron chi connectivity index (χ2n) is 4.77. The summed E-state index contributed by atoms with van der Waals surface area (Å²) >= 11 is 0. The second kappa shape index (κ2) is 5.80. The van der Waals surface area contributed by atoms with E-state index in [0.717, 1.165) is 12.1 Å². The van der Waals surface area contributed by atoms with Crippen molar-refractivity contribution in [3.63, 3.8) is 0 Å². The fourth-order valence-corrected chi connectivity index (χ4v) is 2.09. The number of β-amino-alcohol motifs (C(OH)–C–C–N with tert-alkyl or cyclic N) is 1. The molecule has 4 nitrogen and oxygen atoms in total. The van der Waals surface area contributed by atoms with E-state index in [-0.39, 0.29) is 12.5 Å². The minimum Gasteiger partial charge on any atom is -0.392 e. The van der Waals surface area contributed by atoms with Crippen LogP contribution >= 0.6 is 0 Å². The van der Waals surface area contributed by atoms with E-state index in [4.69, 9.17) is 0 Å². The highest BCUT2D eigenvalue weighted by Crippen LogP contribution is 2.29. The molecule has 0 spiro atoms. The van der Waals surface area contributed by atoms with Crippen LogP contribution < -0.4 is 10.6 Å². The van der Waals surface area contributed by atoms with Crippen LogP contribution in [0.4, 0.5) is 13.2 Å². The van der Waals surface area contributed by atoms with E-state index < -0.39 is 23.9 Å². The number of benzene rings is 1. The van der Waals surface area contributed by atoms with Crippen LogP contribution in [0.5, 0.6) is 0 Å². The second-order valence-corrected chi connectivity index (χ2v) is 4.77. The highest BCUT2D eigenvalue weighted by Gasteiger charge is 2.30. The number of hydrogen-bond acceptors (Lipinski definition) is 3. The van der Waals surface area contributed by atoms with Crippen LogP contribution in [0.1, 0.15) is 17.5 Å². The largest absolute Gasteiger partial charge is 0.416 e. The molecule has 0 aromatic heterocycles. The quantitative estimate of drug-likeness (QED) is 0.779. The standard InChI is InChI=1S/C13H15F3N2O2/c14-13(15,16)9-3-1-2-8(4-9)6-18-12(20)11-5-10(19)7-17-11/h1-4,10-11,17,19H,5-7H2,(H,18,20). The zero-order chi connectivity index (χ0) is 14.8. The van der Waals surface area contributed by atoms with Gasteiger partial charge in [0.15, 0.2) is 0 Å². The van der Waals surface area contributed by atoms with Crippen molar-refractivity contribution in [3.05, 3.63) is 35.4 Å². The Hall–Kier alpha value is -1.60. The third-order valence-corrected chi connectivity index (χ3v) is 3.15. The Morgan fingerprint density at radius 1 is 1.45 bits per heavy atom. The van der Waals surface area contributed by atoms with Crippen LogP contribution in [0.25, 0.3) is 0 Å². The maximum absolute atomic E-state index is 12.5. The van der Waals surface area contributed by atoms with Gasteiger partial charge < -0.3 is 15.7 Å². The average molecular weight is 288 g/mol. The number of carbonyl (C=O) groups excluding carboxylic acids is 1. The first-order valence-corrected chi connectivity index (χ1v) is 6.21. The van der Waals surface area contributed by atoms with Gasteiger partial charge in [0.25, 0.3) is 0 Å². The molecule has 1 heterocycles. The Kier molecular flexibility index (Phi) is 4.29. The van der Waals surface area contributed by atoms with Gasteiger partial charge in [-0.1, -0.05) is 12.1 Å². The lowest BCUT2D eigenvalue weighted by Gasteiger charge is -2.12. The molecule has 0 aliphatic carbocycles. The molecule has 20 heavy (non-hydrogen) atoms. The normalized spacial score (nSPS) is 22.8. The number of hydrogen-bond donors (Lipinski definition) is 3. The predicted molar refractivity (Wildman–Crippen MR) is 65.7 cm³/mol. The molecule has 2 atom stereocenters. The van der Waals surface area contributed by atoms with Crippen LogP contribution in [0.2, 0.25) is 0 Å². The molecule has 1 aromatic rings. The molecule has 1 aliphatic rings. The summed E-state index contributed by atoms with van der Waals surface area (Å²) < 4.78 is 37.6. The molecule has 2 unspecified atom stereocenters. The lowest BCUT2D eigenvalue weighted by atomic mass is 10.1. The Morgan fingerprint density at radius 2 is 2.20 bits per heavy atom. The third kappa shape index (κ3) is 3.71. The maximum atomic E-state index is 12.5. The topological polar surface area (TPSA) is 61.4 Å². The number of amides is 1. The van der Waals surface area contributed by atoms with Crippen LogP contribution in [0.15, 0.2) is 24.3 Å². The van der Waals surface area contributed by atoms with Gasteiger partial charge in [0.05, 0.1) is 17.7 Å². The zero-order valence-corrected chi connectivity index (χ0v) is 10.6. The van der Waals surface area contributed by atoms with Crippen molar-refractivity contribution < 1.29 is 23.1 Å². The monoisotopic (exact) mass is 288 g/mol. The van der Waals surface area contributed by atoms with Gasteiger partial charge in [-0.3, -0.25) is 4.79 Å². The number of nitrogens with one attached hydrogen (secondary N) is 2. The summed E-state index contributed by atoms with van der Waals surface area (Å²) in [5.74, 6) is -0.320. The average Bonchev–Trinajstić information content (AvgIpc) is 2.82. The summed E-state index contributed by atoms with van der Waals surface area (Å²) in [5.41, 5.74) is -0.356. The third-order valence-electron chi connectivity index (χ3n) is 3.15. The minimum absolute atomic E-state index is 0.0248. The molecule has 3 N–H and O–H groups in total. The fourth-order valence-electron chi connectivity index (χ4n) is 2.09. The first-order valence-electron chi connectivity index (χ1n) is 6.21. The number of alkyl halides is 3. The van der Waals surface area contributed by atoms with Gasteiger partial charge in [-0.05, 0) is 24.1 Å². The molecule has 1 amide bonds. The molecule has 1 aromatic carbocycles. The first-order chi connectivity index (χ1) is 9.36. The van der Waals surface area contributed by atoms with Crippen molar-refractivity contribution in [1.29, 1.82) is 0 Å². The summed E-state index contributed by atoms with van der Waals surface area (Å²) in [7, 11) is 0. The molecule has 0 saturated carbocycles. The Balaban J connectivity index is 1.92. The van der Waals surface area contributed by atoms with Gasteiger partial charge >= 0.3 is 6.18 Å². The lowest BCUT2D eigenvalue weighted by Crippen LogP contribution is -2.40. The van der Waals surface area contributed by atoms with Gasteiger partial charge in [0.2, 0.25) is 5.91 Å². The molecule has 1 aliphatic heterocycles. The smallest absolute Gasteiger partial charge is 0.392 e. The summed E-state index contributed by atoms with van der Waals surface area (Å²) in [6.07, 6.45) is -4.63. The SMILES string of the molecule is O=C(NCc1cccc(C(F)(F)F)c1)C1CC(O)CN1. The van der Waals surface area contributed by atoms with Crippen LogP contribution in [0.3, 0.4) is 0 Å². The van der Waals surface area contributed by atoms with Gasteiger partial charge in [0, 0.05) is 13.1 Å². The van der Waals surface area contributed by atoms with E-state index in [9.17, 15) is 23.1 Å². The molecule has 0 bridgehead atoms. The van der Waals surface area contributed by atoms with E-state index in [1.165, 1.54) is 12.1 Å². The maximum Gasteiger partial charge on any atom is 0.416 e. The summed E-state index contributed by atoms with van der Waals surface area (Å²) in [4.78, 5) is 11.7. The van der Waals surface area contributed by atoms with Crippen LogP contribution in [0, 0.1) is 0 Å². The minimum atomic E-state index is -4.39. The summed E-state index contributed by atoms with van der Waals surface area (Å²) in [5, 5.41) is 14.7. The van der Waals surface area contributed by atoms with Gasteiger partial charge in [-0.2, -0.15) is 13.2 Å². The van der Waals surface area contributed by atoms with Crippen LogP contribution in [-0.4, -0.2) is 29.7 Å². The number of aliphatic hydroxyl groups excluding tert-OH is 1. The summed E-state index contributed by atoms with van der Waals surface area (Å²) in [6.45, 7) is 0.374. The van der Waals surface area contributed by atoms with Gasteiger partial charge in [-0.25, -0.2) is 0 Å². The predicted octanol–water partition coefficient (Wildman–Crippen LogP) is 1.04. The molecular formula is C13H15F3N2O2. The van der Waals surface area contributed by atoms with E-state index in [2.05, 4.69) is 10.6 Å². The first kappa shape index (κ1) is 14.8. The van der Waals surface area contributed by atoms with E-state index in [1.807, 2.05) is 0 Å². The number of carbonyl (C=O) groups is 1. The number of rotatable bonds is 3. The molecule has 1 saturated heterocycles. The number of aliphatic hydroxyl groups is 1. The molecule has 7 heteroatoms. The Bertz CT molecular complexity index is 491. The van der Waals surface area contributed by atoms with Crippen LogP contribution in [-0.2, 0) is 17.5 Å². The van der Waals surface area contributed by atoms with Gasteiger partial charge in [0.1, 0.15) is 0 Å². The number of halogens is 3. The molecular weight excluding hydrogens is 273 g/mol. The highest BCUT2D eigenvalue weighted by molar-refractivity contribution is 5.82. The molecule has 2 rings (SSSR count). The Morgan fingerprint density at radius 3 is 2.80 bits per heavy atom. The van der Waals surface area contributed by atoms with E-state index >= 15 is 0 Å². The molecule has 110 valence electrons. The van der Waals surface area contributed by atoms with Crippen molar-refractivity contribution in [2.75, 3.05) is 6.54 Å². The lowest BCUT2D eigenvalue weighted by molar-refractivity contribution is -0.137. The molecule has 0 radical (unpaired) electrons. The van der Waals surface area contributed by atoms with E-state index in [0.29, 0.717) is 18.5 Å². The van der Waals surface area contributed by atoms with Crippen molar-refractivity contribution in [2.45, 2.75) is 31.3 Å². The van der Waals surface area contributed by atoms with Crippen molar-refractivity contribution in [1.82, 2.24) is 10.6 Å². The van der Waals surface area contributed by atoms with E-state index in [1.54, 1.807) is 0 Å². The highest BCUT2D eigenvalue weighted by atomic mass is 19.4. The zero-order valence-electron chi connectivity index (χ0n) is 10.6. The van der Waals surface area contributed by atoms with Crippen molar-refractivity contribution in [2.24, 2.45) is 0 Å². The van der Waals surface area contributed by atoms with Crippen molar-refractivity contribution in [3.8, 4) is 0 Å². The molecule has 1 fully saturated rings. The fraction of sp³-hybridized carbons (Fsp3) is 0.462. The van der Waals surface area contributed by atoms with Gasteiger partial charge in [-0.15, -0.1) is 0 Å². The summed E-state index contributed by atoms with van der Waals surface area (Å²) in [6, 6.07) is 4.34. The van der Waals surface area contributed by atoms with Crippen molar-refractivity contribution >= 4 is 5.91 Å². The Labute approximate surface area is 114 Å².